The van der Waals surface area contributed by atoms with Crippen molar-refractivity contribution in [3.63, 3.8) is 0 Å². The van der Waals surface area contributed by atoms with Crippen LogP contribution in [0.5, 0.6) is 0 Å². The molecule has 2 rings (SSSR count). The van der Waals surface area contributed by atoms with Gasteiger partial charge in [0.25, 0.3) is 0 Å². The highest BCUT2D eigenvalue weighted by Gasteiger charge is 2.17. The first kappa shape index (κ1) is 14.0. The molecule has 104 valence electrons. The molecular weight excluding hydrogens is 243 g/mol. The van der Waals surface area contributed by atoms with E-state index >= 15 is 0 Å². The smallest absolute Gasteiger partial charge is 0.224 e. The number of amides is 1. The van der Waals surface area contributed by atoms with Gasteiger partial charge in [0.2, 0.25) is 5.91 Å². The number of anilines is 1. The number of carbonyl (C=O) groups is 1. The zero-order valence-electron chi connectivity index (χ0n) is 11.3. The van der Waals surface area contributed by atoms with Crippen LogP contribution in [0.1, 0.15) is 44.1 Å². The zero-order valence-corrected chi connectivity index (χ0v) is 11.3. The van der Waals surface area contributed by atoms with Gasteiger partial charge in [-0.2, -0.15) is 0 Å². The van der Waals surface area contributed by atoms with Crippen molar-refractivity contribution in [1.82, 2.24) is 5.32 Å². The van der Waals surface area contributed by atoms with Crippen LogP contribution in [0.15, 0.2) is 18.2 Å². The van der Waals surface area contributed by atoms with Crippen molar-refractivity contribution in [2.24, 2.45) is 0 Å². The van der Waals surface area contributed by atoms with Gasteiger partial charge in [0.05, 0.1) is 5.69 Å². The van der Waals surface area contributed by atoms with Crippen molar-refractivity contribution in [3.8, 4) is 0 Å². The number of piperidine rings is 1. The number of halogens is 1. The molecule has 1 amide bonds. The number of hydrogen-bond acceptors (Lipinski definition) is 2. The predicted octanol–water partition coefficient (Wildman–Crippen LogP) is 3.03. The lowest BCUT2D eigenvalue weighted by atomic mass is 9.90. The molecule has 0 bridgehead atoms. The molecule has 1 heterocycles. The SMILES string of the molecule is CCCC(=O)Nc1cc(C2CCNCC2)ccc1F. The first-order valence-electron chi connectivity index (χ1n) is 7.00. The van der Waals surface area contributed by atoms with Gasteiger partial charge in [-0.05, 0) is 56.0 Å². The molecule has 1 fully saturated rings. The van der Waals surface area contributed by atoms with E-state index in [1.165, 1.54) is 6.07 Å². The van der Waals surface area contributed by atoms with Crippen LogP contribution < -0.4 is 10.6 Å². The summed E-state index contributed by atoms with van der Waals surface area (Å²) >= 11 is 0. The normalized spacial score (nSPS) is 16.3. The molecule has 0 aliphatic carbocycles. The average molecular weight is 264 g/mol. The molecule has 0 aromatic heterocycles. The fraction of sp³-hybridized carbons (Fsp3) is 0.533. The maximum Gasteiger partial charge on any atom is 0.224 e. The third kappa shape index (κ3) is 3.77. The second kappa shape index (κ2) is 6.66. The predicted molar refractivity (Wildman–Crippen MR) is 74.8 cm³/mol. The molecule has 0 unspecified atom stereocenters. The lowest BCUT2D eigenvalue weighted by Crippen LogP contribution is -2.26. The van der Waals surface area contributed by atoms with E-state index in [4.69, 9.17) is 0 Å². The van der Waals surface area contributed by atoms with E-state index in [0.717, 1.165) is 37.9 Å². The largest absolute Gasteiger partial charge is 0.324 e. The van der Waals surface area contributed by atoms with Gasteiger partial charge in [-0.1, -0.05) is 13.0 Å². The Morgan fingerprint density at radius 1 is 1.42 bits per heavy atom. The Kier molecular flexibility index (Phi) is 4.91. The number of carbonyl (C=O) groups excluding carboxylic acids is 1. The van der Waals surface area contributed by atoms with Crippen molar-refractivity contribution in [3.05, 3.63) is 29.6 Å². The van der Waals surface area contributed by atoms with Gasteiger partial charge in [0.15, 0.2) is 0 Å². The number of benzene rings is 1. The van der Waals surface area contributed by atoms with Crippen LogP contribution >= 0.6 is 0 Å². The third-order valence-corrected chi connectivity index (χ3v) is 3.55. The molecule has 0 saturated carbocycles. The number of nitrogens with one attached hydrogen (secondary N) is 2. The van der Waals surface area contributed by atoms with Crippen molar-refractivity contribution >= 4 is 11.6 Å². The molecule has 1 aliphatic heterocycles. The topological polar surface area (TPSA) is 41.1 Å². The summed E-state index contributed by atoms with van der Waals surface area (Å²) in [6.45, 7) is 3.93. The minimum atomic E-state index is -0.359. The first-order valence-corrected chi connectivity index (χ1v) is 7.00. The summed E-state index contributed by atoms with van der Waals surface area (Å²) in [5.41, 5.74) is 1.43. The van der Waals surface area contributed by atoms with Crippen LogP contribution in [0, 0.1) is 5.82 Å². The summed E-state index contributed by atoms with van der Waals surface area (Å²) in [4.78, 5) is 11.6. The van der Waals surface area contributed by atoms with Crippen LogP contribution in [0.3, 0.4) is 0 Å². The molecule has 1 aromatic carbocycles. The molecular formula is C15H21FN2O. The molecule has 1 aromatic rings. The van der Waals surface area contributed by atoms with Gasteiger partial charge in [-0.15, -0.1) is 0 Å². The summed E-state index contributed by atoms with van der Waals surface area (Å²) in [5.74, 6) is -0.0188. The summed E-state index contributed by atoms with van der Waals surface area (Å²) < 4.78 is 13.7. The highest BCUT2D eigenvalue weighted by atomic mass is 19.1. The molecule has 19 heavy (non-hydrogen) atoms. The van der Waals surface area contributed by atoms with Gasteiger partial charge >= 0.3 is 0 Å². The minimum Gasteiger partial charge on any atom is -0.324 e. The van der Waals surface area contributed by atoms with Gasteiger partial charge < -0.3 is 10.6 Å². The van der Waals surface area contributed by atoms with Crippen molar-refractivity contribution in [1.29, 1.82) is 0 Å². The Morgan fingerprint density at radius 3 is 2.84 bits per heavy atom. The number of rotatable bonds is 4. The molecule has 2 N–H and O–H groups in total. The van der Waals surface area contributed by atoms with Crippen molar-refractivity contribution < 1.29 is 9.18 Å². The molecule has 0 radical (unpaired) electrons. The van der Waals surface area contributed by atoms with Crippen LogP contribution in [-0.4, -0.2) is 19.0 Å². The summed E-state index contributed by atoms with van der Waals surface area (Å²) in [7, 11) is 0. The fourth-order valence-corrected chi connectivity index (χ4v) is 2.49. The number of hydrogen-bond donors (Lipinski definition) is 2. The van der Waals surface area contributed by atoms with Crippen LogP contribution in [0.4, 0.5) is 10.1 Å². The van der Waals surface area contributed by atoms with E-state index in [9.17, 15) is 9.18 Å². The summed E-state index contributed by atoms with van der Waals surface area (Å²) in [5, 5.41) is 5.98. The van der Waals surface area contributed by atoms with Gasteiger partial charge in [0.1, 0.15) is 5.82 Å². The van der Waals surface area contributed by atoms with Gasteiger partial charge in [-0.25, -0.2) is 4.39 Å². The average Bonchev–Trinajstić information content (AvgIpc) is 2.42. The quantitative estimate of drug-likeness (QED) is 0.877. The van der Waals surface area contributed by atoms with Gasteiger partial charge in [-0.3, -0.25) is 4.79 Å². The second-order valence-electron chi connectivity index (χ2n) is 5.06. The Morgan fingerprint density at radius 2 is 2.16 bits per heavy atom. The van der Waals surface area contributed by atoms with Crippen LogP contribution in [0.2, 0.25) is 0 Å². The summed E-state index contributed by atoms with van der Waals surface area (Å²) in [6, 6.07) is 5.08. The van der Waals surface area contributed by atoms with Crippen LogP contribution in [0.25, 0.3) is 0 Å². The van der Waals surface area contributed by atoms with Crippen molar-refractivity contribution in [2.45, 2.75) is 38.5 Å². The van der Waals surface area contributed by atoms with E-state index in [2.05, 4.69) is 10.6 Å². The first-order chi connectivity index (χ1) is 9.20. The molecule has 0 spiro atoms. The molecule has 0 atom stereocenters. The van der Waals surface area contributed by atoms with E-state index in [1.54, 1.807) is 6.07 Å². The second-order valence-corrected chi connectivity index (χ2v) is 5.06. The minimum absolute atomic E-state index is 0.121. The molecule has 1 saturated heterocycles. The standard InChI is InChI=1S/C15H21FN2O/c1-2-3-15(19)18-14-10-12(4-5-13(14)16)11-6-8-17-9-7-11/h4-5,10-11,17H,2-3,6-9H2,1H3,(H,18,19). The van der Waals surface area contributed by atoms with Crippen LogP contribution in [-0.2, 0) is 4.79 Å². The highest BCUT2D eigenvalue weighted by molar-refractivity contribution is 5.90. The Balaban J connectivity index is 2.11. The maximum atomic E-state index is 13.7. The molecule has 4 heteroatoms. The lowest BCUT2D eigenvalue weighted by molar-refractivity contribution is -0.116. The summed E-state index contributed by atoms with van der Waals surface area (Å²) in [6.07, 6.45) is 3.32. The van der Waals surface area contributed by atoms with E-state index in [0.29, 0.717) is 18.0 Å². The van der Waals surface area contributed by atoms with E-state index in [-0.39, 0.29) is 11.7 Å². The van der Waals surface area contributed by atoms with E-state index < -0.39 is 0 Å². The van der Waals surface area contributed by atoms with Crippen molar-refractivity contribution in [2.75, 3.05) is 18.4 Å². The third-order valence-electron chi connectivity index (χ3n) is 3.55. The van der Waals surface area contributed by atoms with E-state index in [1.807, 2.05) is 13.0 Å². The highest BCUT2D eigenvalue weighted by Crippen LogP contribution is 2.28. The fourth-order valence-electron chi connectivity index (χ4n) is 2.49. The maximum absolute atomic E-state index is 13.7. The monoisotopic (exact) mass is 264 g/mol. The molecule has 1 aliphatic rings. The Bertz CT molecular complexity index is 442. The zero-order chi connectivity index (χ0) is 13.7. The van der Waals surface area contributed by atoms with Gasteiger partial charge in [0, 0.05) is 6.42 Å². The Hall–Kier alpha value is -1.42. The molecule has 3 nitrogen and oxygen atoms in total. The lowest BCUT2D eigenvalue weighted by Gasteiger charge is -2.23. The Labute approximate surface area is 113 Å².